The van der Waals surface area contributed by atoms with Gasteiger partial charge in [-0.15, -0.1) is 0 Å². The zero-order valence-electron chi connectivity index (χ0n) is 8.65. The molecule has 2 rings (SSSR count). The lowest BCUT2D eigenvalue weighted by atomic mass is 10.0. The molecule has 2 aromatic carbocycles. The number of nitrogens with zero attached hydrogens (tertiary/aromatic N) is 1. The third-order valence-electron chi connectivity index (χ3n) is 2.47. The van der Waals surface area contributed by atoms with Crippen molar-refractivity contribution < 1.29 is 0 Å². The molecule has 0 unspecified atom stereocenters. The van der Waals surface area contributed by atoms with Gasteiger partial charge in [-0.25, -0.2) is 0 Å². The van der Waals surface area contributed by atoms with Gasteiger partial charge in [-0.1, -0.05) is 58.4 Å². The average molecular weight is 274 g/mol. The summed E-state index contributed by atoms with van der Waals surface area (Å²) in [4.78, 5) is 0. The van der Waals surface area contributed by atoms with Crippen molar-refractivity contribution in [2.45, 2.75) is 5.33 Å². The third kappa shape index (κ3) is 2.15. The minimum atomic E-state index is 0.717. The number of benzene rings is 2. The lowest BCUT2D eigenvalue weighted by molar-refractivity contribution is 1.43. The summed E-state index contributed by atoms with van der Waals surface area (Å²) in [6.45, 7) is 0. The van der Waals surface area contributed by atoms with E-state index in [1.807, 2.05) is 36.4 Å². The zero-order valence-corrected chi connectivity index (χ0v) is 10.2. The van der Waals surface area contributed by atoms with Gasteiger partial charge in [-0.3, -0.25) is 0 Å². The van der Waals surface area contributed by atoms with E-state index in [-0.39, 0.29) is 0 Å². The van der Waals surface area contributed by atoms with Gasteiger partial charge in [0.1, 0.15) is 0 Å². The van der Waals surface area contributed by atoms with E-state index in [1.54, 1.807) is 0 Å². The summed E-state index contributed by atoms with van der Waals surface area (Å²) in [6.07, 6.45) is 0. The SMILES string of the molecule is N#[14C]c1ccccc1-c1ccc(CBr)cc1. The number of alkyl halides is 1. The molecule has 0 aliphatic rings. The summed E-state index contributed by atoms with van der Waals surface area (Å²) in [5.74, 6) is 0. The predicted molar refractivity (Wildman–Crippen MR) is 69.2 cm³/mol. The Balaban J connectivity index is 2.47. The Bertz CT molecular complexity index is 523. The molecule has 0 heterocycles. The molecule has 0 spiro atoms. The smallest absolute Gasteiger partial charge is 0.0998 e. The minimum Gasteiger partial charge on any atom is -0.192 e. The molecular weight excluding hydrogens is 264 g/mol. The molecule has 78 valence electrons. The Labute approximate surface area is 103 Å². The van der Waals surface area contributed by atoms with Gasteiger partial charge in [-0.2, -0.15) is 5.26 Å². The van der Waals surface area contributed by atoms with E-state index in [2.05, 4.69) is 34.1 Å². The highest BCUT2D eigenvalue weighted by molar-refractivity contribution is 9.08. The Morgan fingerprint density at radius 3 is 2.31 bits per heavy atom. The molecule has 0 amide bonds. The summed E-state index contributed by atoms with van der Waals surface area (Å²) in [7, 11) is 0. The second-order valence-corrected chi connectivity index (χ2v) is 4.05. The number of hydrogen-bond donors (Lipinski definition) is 0. The Morgan fingerprint density at radius 1 is 1.00 bits per heavy atom. The maximum Gasteiger partial charge on any atom is 0.0998 e. The van der Waals surface area contributed by atoms with Crippen molar-refractivity contribution in [2.75, 3.05) is 0 Å². The molecule has 0 saturated heterocycles. The normalized spacial score (nSPS) is 9.75. The van der Waals surface area contributed by atoms with E-state index in [4.69, 9.17) is 5.26 Å². The summed E-state index contributed by atoms with van der Waals surface area (Å²) in [6, 6.07) is 18.1. The van der Waals surface area contributed by atoms with E-state index in [0.29, 0.717) is 5.56 Å². The summed E-state index contributed by atoms with van der Waals surface area (Å²) in [5.41, 5.74) is 4.03. The molecule has 0 aromatic heterocycles. The van der Waals surface area contributed by atoms with Crippen molar-refractivity contribution in [3.05, 3.63) is 59.7 Å². The monoisotopic (exact) mass is 273 g/mol. The van der Waals surface area contributed by atoms with Gasteiger partial charge in [0.2, 0.25) is 0 Å². The highest BCUT2D eigenvalue weighted by Crippen LogP contribution is 2.23. The van der Waals surface area contributed by atoms with E-state index >= 15 is 0 Å². The Kier molecular flexibility index (Phi) is 3.38. The largest absolute Gasteiger partial charge is 0.192 e. The summed E-state index contributed by atoms with van der Waals surface area (Å²) in [5, 5.41) is 9.88. The molecule has 0 saturated carbocycles. The van der Waals surface area contributed by atoms with Gasteiger partial charge in [0.05, 0.1) is 11.6 Å². The summed E-state index contributed by atoms with van der Waals surface area (Å²) >= 11 is 3.41. The van der Waals surface area contributed by atoms with Crippen molar-refractivity contribution in [3.8, 4) is 17.2 Å². The number of hydrogen-bond acceptors (Lipinski definition) is 1. The van der Waals surface area contributed by atoms with Gasteiger partial charge in [-0.05, 0) is 22.8 Å². The van der Waals surface area contributed by atoms with E-state index in [1.165, 1.54) is 5.56 Å². The fraction of sp³-hybridized carbons (Fsp3) is 0.0714. The van der Waals surface area contributed by atoms with Gasteiger partial charge in [0, 0.05) is 5.33 Å². The van der Waals surface area contributed by atoms with Crippen LogP contribution in [0.1, 0.15) is 11.1 Å². The van der Waals surface area contributed by atoms with E-state index in [9.17, 15) is 0 Å². The standard InChI is InChI=1S/C14H10BrN/c15-9-11-5-7-12(8-6-11)14-4-2-1-3-13(14)10-16/h1-8H,9H2/i10+2. The average Bonchev–Trinajstić information content (AvgIpc) is 2.39. The van der Waals surface area contributed by atoms with Crippen LogP contribution < -0.4 is 0 Å². The van der Waals surface area contributed by atoms with E-state index in [0.717, 1.165) is 16.5 Å². The fourth-order valence-corrected chi connectivity index (χ4v) is 1.98. The van der Waals surface area contributed by atoms with Crippen molar-refractivity contribution in [1.82, 2.24) is 0 Å². The molecule has 2 heteroatoms. The van der Waals surface area contributed by atoms with Crippen molar-refractivity contribution >= 4 is 15.9 Å². The highest BCUT2D eigenvalue weighted by atomic mass is 79.9. The molecule has 0 aliphatic heterocycles. The lowest BCUT2D eigenvalue weighted by Crippen LogP contribution is -1.84. The maximum absolute atomic E-state index is 9.02. The topological polar surface area (TPSA) is 23.8 Å². The van der Waals surface area contributed by atoms with Crippen molar-refractivity contribution in [1.29, 1.82) is 5.26 Å². The molecule has 0 atom stereocenters. The quantitative estimate of drug-likeness (QED) is 0.756. The first-order chi connectivity index (χ1) is 7.85. The number of halogens is 1. The van der Waals surface area contributed by atoms with Gasteiger partial charge >= 0.3 is 0 Å². The molecule has 1 nitrogen and oxygen atoms in total. The van der Waals surface area contributed by atoms with Crippen LogP contribution in [0.15, 0.2) is 48.5 Å². The Morgan fingerprint density at radius 2 is 1.69 bits per heavy atom. The molecule has 0 bridgehead atoms. The van der Waals surface area contributed by atoms with Crippen LogP contribution in [-0.4, -0.2) is 0 Å². The Hall–Kier alpha value is -1.59. The van der Waals surface area contributed by atoms with Gasteiger partial charge in [0.25, 0.3) is 0 Å². The number of rotatable bonds is 2. The first-order valence-electron chi connectivity index (χ1n) is 4.99. The van der Waals surface area contributed by atoms with Crippen molar-refractivity contribution in [2.24, 2.45) is 0 Å². The van der Waals surface area contributed by atoms with Crippen LogP contribution in [0.3, 0.4) is 0 Å². The highest BCUT2D eigenvalue weighted by Gasteiger charge is 2.03. The van der Waals surface area contributed by atoms with Crippen LogP contribution in [0.4, 0.5) is 0 Å². The van der Waals surface area contributed by atoms with Crippen LogP contribution in [-0.2, 0) is 5.33 Å². The first kappa shape index (κ1) is 10.9. The summed E-state index contributed by atoms with van der Waals surface area (Å²) < 4.78 is 0. The molecule has 0 aliphatic carbocycles. The van der Waals surface area contributed by atoms with Crippen LogP contribution in [0, 0.1) is 11.3 Å². The van der Waals surface area contributed by atoms with Crippen LogP contribution in [0.5, 0.6) is 0 Å². The van der Waals surface area contributed by atoms with Crippen molar-refractivity contribution in [3.63, 3.8) is 0 Å². The third-order valence-corrected chi connectivity index (χ3v) is 3.11. The van der Waals surface area contributed by atoms with Crippen LogP contribution >= 0.6 is 15.9 Å². The molecule has 0 N–H and O–H groups in total. The van der Waals surface area contributed by atoms with Crippen LogP contribution in [0.25, 0.3) is 11.1 Å². The van der Waals surface area contributed by atoms with Gasteiger partial charge < -0.3 is 0 Å². The zero-order chi connectivity index (χ0) is 11.4. The second kappa shape index (κ2) is 4.96. The number of nitriles is 1. The predicted octanol–water partition coefficient (Wildman–Crippen LogP) is 4.12. The molecule has 0 radical (unpaired) electrons. The molecule has 2 aromatic rings. The maximum atomic E-state index is 9.02. The molecular formula is C14H10BrN. The minimum absolute atomic E-state index is 0.717. The lowest BCUT2D eigenvalue weighted by Gasteiger charge is -2.04. The van der Waals surface area contributed by atoms with Crippen LogP contribution in [0.2, 0.25) is 0 Å². The second-order valence-electron chi connectivity index (χ2n) is 3.49. The molecule has 0 fully saturated rings. The first-order valence-corrected chi connectivity index (χ1v) is 6.11. The van der Waals surface area contributed by atoms with E-state index < -0.39 is 0 Å². The fourth-order valence-electron chi connectivity index (χ4n) is 1.61. The van der Waals surface area contributed by atoms with Gasteiger partial charge in [0.15, 0.2) is 0 Å². The molecule has 16 heavy (non-hydrogen) atoms.